The lowest BCUT2D eigenvalue weighted by molar-refractivity contribution is 0.0121. The Bertz CT molecular complexity index is 484. The number of carbonyl (C=O) groups is 1. The van der Waals surface area contributed by atoms with Crippen molar-refractivity contribution < 1.29 is 14.3 Å². The molecule has 4 nitrogen and oxygen atoms in total. The van der Waals surface area contributed by atoms with Crippen LogP contribution in [0.25, 0.3) is 0 Å². The summed E-state index contributed by atoms with van der Waals surface area (Å²) in [6.07, 6.45) is 2.49. The van der Waals surface area contributed by atoms with E-state index in [-0.39, 0.29) is 36.6 Å². The molecule has 0 N–H and O–H groups in total. The maximum absolute atomic E-state index is 12.2. The molecule has 2 unspecified atom stereocenters. The van der Waals surface area contributed by atoms with Crippen LogP contribution in [0.15, 0.2) is 24.3 Å². The zero-order chi connectivity index (χ0) is 16.1. The topological polar surface area (TPSA) is 38.8 Å². The van der Waals surface area contributed by atoms with E-state index in [1.54, 1.807) is 12.1 Å². The fourth-order valence-electron chi connectivity index (χ4n) is 2.72. The summed E-state index contributed by atoms with van der Waals surface area (Å²) in [4.78, 5) is 14.6. The number of nitrogens with zero attached hydrogens (tertiary/aromatic N) is 1. The summed E-state index contributed by atoms with van der Waals surface area (Å²) in [6, 6.07) is 7.40. The van der Waals surface area contributed by atoms with Gasteiger partial charge in [-0.05, 0) is 77.9 Å². The lowest BCUT2D eigenvalue weighted by atomic mass is 10.1. The van der Waals surface area contributed by atoms with Crippen LogP contribution in [0.3, 0.4) is 0 Å². The van der Waals surface area contributed by atoms with Gasteiger partial charge in [0.2, 0.25) is 0 Å². The van der Waals surface area contributed by atoms with Crippen molar-refractivity contribution in [1.82, 2.24) is 4.90 Å². The third-order valence-corrected chi connectivity index (χ3v) is 4.15. The Labute approximate surface area is 145 Å². The summed E-state index contributed by atoms with van der Waals surface area (Å²) in [5.74, 6) is 0.500. The van der Waals surface area contributed by atoms with E-state index in [9.17, 15) is 4.79 Å². The molecule has 0 amide bonds. The first-order valence-corrected chi connectivity index (χ1v) is 8.19. The van der Waals surface area contributed by atoms with Crippen LogP contribution in [0.1, 0.15) is 50.9 Å². The minimum absolute atomic E-state index is 0. The summed E-state index contributed by atoms with van der Waals surface area (Å²) >= 11 is 0. The maximum atomic E-state index is 12.2. The lowest BCUT2D eigenvalue weighted by Crippen LogP contribution is -2.40. The predicted octanol–water partition coefficient (Wildman–Crippen LogP) is 3.93. The first-order chi connectivity index (χ1) is 10.5. The van der Waals surface area contributed by atoms with Gasteiger partial charge in [-0.1, -0.05) is 0 Å². The standard InChI is InChI=1S/C18H27NO3.ClH/c1-13(2)21-17-9-7-16(8-10-17)18(20)22-15(4)14(3)19-11-5-6-12-19;/h7-10,13-15H,5-6,11-12H2,1-4H3;1H. The van der Waals surface area contributed by atoms with Crippen LogP contribution < -0.4 is 4.74 Å². The Morgan fingerprint density at radius 3 is 2.13 bits per heavy atom. The van der Waals surface area contributed by atoms with Gasteiger partial charge in [-0.2, -0.15) is 0 Å². The molecule has 1 aliphatic heterocycles. The van der Waals surface area contributed by atoms with Crippen molar-refractivity contribution in [2.45, 2.75) is 58.8 Å². The number of hydrogen-bond donors (Lipinski definition) is 0. The zero-order valence-electron chi connectivity index (χ0n) is 14.5. The summed E-state index contributed by atoms with van der Waals surface area (Å²) in [5.41, 5.74) is 0.566. The Morgan fingerprint density at radius 2 is 1.61 bits per heavy atom. The van der Waals surface area contributed by atoms with E-state index in [0.717, 1.165) is 18.8 Å². The number of carbonyl (C=O) groups excluding carboxylic acids is 1. The van der Waals surface area contributed by atoms with Gasteiger partial charge < -0.3 is 9.47 Å². The number of rotatable bonds is 6. The average Bonchev–Trinajstić information content (AvgIpc) is 3.00. The van der Waals surface area contributed by atoms with E-state index >= 15 is 0 Å². The molecule has 1 fully saturated rings. The van der Waals surface area contributed by atoms with E-state index in [1.807, 2.05) is 32.9 Å². The van der Waals surface area contributed by atoms with Gasteiger partial charge in [0.05, 0.1) is 11.7 Å². The van der Waals surface area contributed by atoms with Crippen molar-refractivity contribution in [2.75, 3.05) is 13.1 Å². The molecular weight excluding hydrogens is 314 g/mol. The van der Waals surface area contributed by atoms with Gasteiger partial charge in [0.15, 0.2) is 0 Å². The molecule has 0 radical (unpaired) electrons. The Morgan fingerprint density at radius 1 is 1.04 bits per heavy atom. The van der Waals surface area contributed by atoms with Gasteiger partial charge in [-0.3, -0.25) is 4.90 Å². The van der Waals surface area contributed by atoms with Crippen molar-refractivity contribution in [2.24, 2.45) is 0 Å². The molecule has 1 aliphatic rings. The van der Waals surface area contributed by atoms with Gasteiger partial charge in [-0.25, -0.2) is 4.79 Å². The number of ether oxygens (including phenoxy) is 2. The zero-order valence-corrected chi connectivity index (χ0v) is 15.3. The van der Waals surface area contributed by atoms with E-state index < -0.39 is 0 Å². The van der Waals surface area contributed by atoms with Crippen molar-refractivity contribution >= 4 is 18.4 Å². The molecule has 0 bridgehead atoms. The monoisotopic (exact) mass is 341 g/mol. The van der Waals surface area contributed by atoms with E-state index in [0.29, 0.717) is 5.56 Å². The predicted molar refractivity (Wildman–Crippen MR) is 94.6 cm³/mol. The Hall–Kier alpha value is -1.26. The molecule has 0 spiro atoms. The van der Waals surface area contributed by atoms with Crippen LogP contribution in [-0.4, -0.2) is 42.2 Å². The highest BCUT2D eigenvalue weighted by Crippen LogP contribution is 2.18. The van der Waals surface area contributed by atoms with Crippen LogP contribution in [0.4, 0.5) is 0 Å². The molecule has 5 heteroatoms. The van der Waals surface area contributed by atoms with Gasteiger partial charge in [-0.15, -0.1) is 12.4 Å². The number of likely N-dealkylation sites (tertiary alicyclic amines) is 1. The van der Waals surface area contributed by atoms with Crippen LogP contribution >= 0.6 is 12.4 Å². The summed E-state index contributed by atoms with van der Waals surface area (Å²) in [5, 5.41) is 0. The van der Waals surface area contributed by atoms with Crippen molar-refractivity contribution in [3.8, 4) is 5.75 Å². The van der Waals surface area contributed by atoms with Crippen molar-refractivity contribution in [3.05, 3.63) is 29.8 Å². The van der Waals surface area contributed by atoms with Gasteiger partial charge >= 0.3 is 5.97 Å². The third kappa shape index (κ3) is 5.70. The van der Waals surface area contributed by atoms with Crippen LogP contribution in [0, 0.1) is 0 Å². The van der Waals surface area contributed by atoms with Crippen LogP contribution in [-0.2, 0) is 4.74 Å². The molecule has 0 saturated carbocycles. The minimum Gasteiger partial charge on any atom is -0.491 e. The van der Waals surface area contributed by atoms with Crippen LogP contribution in [0.2, 0.25) is 0 Å². The summed E-state index contributed by atoms with van der Waals surface area (Å²) < 4.78 is 11.2. The highest BCUT2D eigenvalue weighted by Gasteiger charge is 2.25. The first-order valence-electron chi connectivity index (χ1n) is 8.19. The molecule has 0 aliphatic carbocycles. The molecule has 1 heterocycles. The van der Waals surface area contributed by atoms with Crippen molar-refractivity contribution in [3.63, 3.8) is 0 Å². The van der Waals surface area contributed by atoms with E-state index in [1.165, 1.54) is 12.8 Å². The smallest absolute Gasteiger partial charge is 0.338 e. The second-order valence-corrected chi connectivity index (χ2v) is 6.29. The number of hydrogen-bond acceptors (Lipinski definition) is 4. The van der Waals surface area contributed by atoms with E-state index in [4.69, 9.17) is 9.47 Å². The third-order valence-electron chi connectivity index (χ3n) is 4.15. The normalized spacial score (nSPS) is 17.4. The van der Waals surface area contributed by atoms with Gasteiger partial charge in [0.1, 0.15) is 11.9 Å². The molecular formula is C18H28ClNO3. The highest BCUT2D eigenvalue weighted by atomic mass is 35.5. The Kier molecular flexibility index (Phi) is 7.86. The second-order valence-electron chi connectivity index (χ2n) is 6.29. The first kappa shape index (κ1) is 19.8. The second kappa shape index (κ2) is 9.14. The fourth-order valence-corrected chi connectivity index (χ4v) is 2.72. The molecule has 1 saturated heterocycles. The maximum Gasteiger partial charge on any atom is 0.338 e. The largest absolute Gasteiger partial charge is 0.491 e. The number of esters is 1. The Balaban J connectivity index is 0.00000264. The highest BCUT2D eigenvalue weighted by molar-refractivity contribution is 5.89. The molecule has 0 aromatic heterocycles. The lowest BCUT2D eigenvalue weighted by Gasteiger charge is -2.28. The van der Waals surface area contributed by atoms with Crippen LogP contribution in [0.5, 0.6) is 5.75 Å². The molecule has 2 atom stereocenters. The summed E-state index contributed by atoms with van der Waals surface area (Å²) in [6.45, 7) is 10.3. The molecule has 130 valence electrons. The van der Waals surface area contributed by atoms with Crippen molar-refractivity contribution in [1.29, 1.82) is 0 Å². The molecule has 1 aromatic rings. The van der Waals surface area contributed by atoms with Gasteiger partial charge in [0, 0.05) is 6.04 Å². The van der Waals surface area contributed by atoms with E-state index in [2.05, 4.69) is 11.8 Å². The van der Waals surface area contributed by atoms with Gasteiger partial charge in [0.25, 0.3) is 0 Å². The molecule has 2 rings (SSSR count). The molecule has 1 aromatic carbocycles. The quantitative estimate of drug-likeness (QED) is 0.735. The minimum atomic E-state index is -0.269. The SMILES string of the molecule is CC(C)Oc1ccc(C(=O)OC(C)C(C)N2CCCC2)cc1.Cl. The number of benzene rings is 1. The molecule has 23 heavy (non-hydrogen) atoms. The summed E-state index contributed by atoms with van der Waals surface area (Å²) in [7, 11) is 0. The fraction of sp³-hybridized carbons (Fsp3) is 0.611. The number of halogens is 1. The average molecular weight is 342 g/mol.